The van der Waals surface area contributed by atoms with Crippen LogP contribution in [0.15, 0.2) is 15.9 Å². The van der Waals surface area contributed by atoms with Crippen LogP contribution in [0.4, 0.5) is 0 Å². The number of hydrogen-bond donors (Lipinski definition) is 1. The first-order valence-electron chi connectivity index (χ1n) is 6.47. The van der Waals surface area contributed by atoms with E-state index in [1.165, 1.54) is 0 Å². The Labute approximate surface area is 131 Å². The highest BCUT2D eigenvalue weighted by Crippen LogP contribution is 2.27. The van der Waals surface area contributed by atoms with Crippen molar-refractivity contribution in [1.29, 1.82) is 0 Å². The quantitative estimate of drug-likeness (QED) is 0.804. The van der Waals surface area contributed by atoms with Crippen molar-refractivity contribution in [2.24, 2.45) is 5.41 Å². The number of nitrogens with zero attached hydrogens (tertiary/aromatic N) is 1. The number of carboxylic acid groups (broad SMARTS) is 1. The van der Waals surface area contributed by atoms with E-state index in [-0.39, 0.29) is 18.7 Å². The molecule has 0 atom stereocenters. The first kappa shape index (κ1) is 17.2. The maximum absolute atomic E-state index is 12.3. The molecule has 0 aliphatic heterocycles. The zero-order valence-corrected chi connectivity index (χ0v) is 14.4. The summed E-state index contributed by atoms with van der Waals surface area (Å²) in [5, 5.41) is 8.87. The average molecular weight is 362 g/mol. The van der Waals surface area contributed by atoms with Crippen molar-refractivity contribution in [2.75, 3.05) is 6.54 Å². The molecule has 1 aromatic rings. The van der Waals surface area contributed by atoms with Crippen LogP contribution in [-0.2, 0) is 16.1 Å². The van der Waals surface area contributed by atoms with Gasteiger partial charge in [0, 0.05) is 17.8 Å². The van der Waals surface area contributed by atoms with Crippen LogP contribution in [0, 0.1) is 5.41 Å². The molecule has 0 saturated carbocycles. The van der Waals surface area contributed by atoms with Crippen molar-refractivity contribution >= 4 is 39.1 Å². The summed E-state index contributed by atoms with van der Waals surface area (Å²) in [5.74, 6) is -0.865. The number of carbonyl (C=O) groups excluding carboxylic acids is 1. The third kappa shape index (κ3) is 5.63. The van der Waals surface area contributed by atoms with Crippen molar-refractivity contribution < 1.29 is 14.7 Å². The van der Waals surface area contributed by atoms with Gasteiger partial charge in [-0.1, -0.05) is 13.8 Å². The molecule has 1 heterocycles. The maximum Gasteiger partial charge on any atom is 0.303 e. The van der Waals surface area contributed by atoms with E-state index in [9.17, 15) is 9.59 Å². The average Bonchev–Trinajstić information content (AvgIpc) is 2.69. The lowest BCUT2D eigenvalue weighted by Crippen LogP contribution is -2.34. The van der Waals surface area contributed by atoms with Gasteiger partial charge >= 0.3 is 5.97 Å². The molecule has 1 N–H and O–H groups in total. The van der Waals surface area contributed by atoms with Gasteiger partial charge in [-0.3, -0.25) is 9.59 Å². The number of aliphatic carboxylic acids is 1. The number of carbonyl (C=O) groups is 2. The number of amides is 1. The normalized spacial score (nSPS) is 11.4. The second-order valence-electron chi connectivity index (χ2n) is 5.53. The third-order valence-corrected chi connectivity index (χ3v) is 4.58. The van der Waals surface area contributed by atoms with Gasteiger partial charge in [-0.2, -0.15) is 0 Å². The summed E-state index contributed by atoms with van der Waals surface area (Å²) in [6.07, 6.45) is 0.251. The van der Waals surface area contributed by atoms with Crippen LogP contribution in [0.1, 0.15) is 38.5 Å². The van der Waals surface area contributed by atoms with Gasteiger partial charge in [0.2, 0.25) is 5.91 Å². The van der Waals surface area contributed by atoms with Crippen LogP contribution in [0.5, 0.6) is 0 Å². The van der Waals surface area contributed by atoms with E-state index >= 15 is 0 Å². The Balaban J connectivity index is 2.65. The summed E-state index contributed by atoms with van der Waals surface area (Å²) in [6, 6.07) is 3.96. The fourth-order valence-corrected chi connectivity index (χ4v) is 3.49. The van der Waals surface area contributed by atoms with E-state index in [0.29, 0.717) is 13.1 Å². The number of thiophene rings is 1. The van der Waals surface area contributed by atoms with Gasteiger partial charge in [-0.05, 0) is 40.4 Å². The van der Waals surface area contributed by atoms with Gasteiger partial charge in [0.1, 0.15) is 0 Å². The van der Waals surface area contributed by atoms with Crippen LogP contribution >= 0.6 is 27.3 Å². The predicted molar refractivity (Wildman–Crippen MR) is 83.8 cm³/mol. The van der Waals surface area contributed by atoms with E-state index in [2.05, 4.69) is 15.9 Å². The van der Waals surface area contributed by atoms with Crippen molar-refractivity contribution in [1.82, 2.24) is 4.90 Å². The molecule has 0 bridgehead atoms. The Hall–Kier alpha value is -0.880. The summed E-state index contributed by atoms with van der Waals surface area (Å²) >= 11 is 5.01. The predicted octanol–water partition coefficient (Wildman–Crippen LogP) is 3.75. The molecule has 20 heavy (non-hydrogen) atoms. The molecule has 0 radical (unpaired) electrons. The van der Waals surface area contributed by atoms with E-state index in [0.717, 1.165) is 8.66 Å². The second-order valence-corrected chi connectivity index (χ2v) is 8.07. The minimum absolute atomic E-state index is 0.000838. The lowest BCUT2D eigenvalue weighted by Gasteiger charge is -2.27. The molecule has 0 aliphatic carbocycles. The Morgan fingerprint density at radius 2 is 2.00 bits per heavy atom. The van der Waals surface area contributed by atoms with Gasteiger partial charge in [0.05, 0.1) is 16.8 Å². The molecule has 1 aromatic heterocycles. The summed E-state index contributed by atoms with van der Waals surface area (Å²) in [4.78, 5) is 26.0. The summed E-state index contributed by atoms with van der Waals surface area (Å²) in [6.45, 7) is 6.76. The minimum Gasteiger partial charge on any atom is -0.481 e. The van der Waals surface area contributed by atoms with Gasteiger partial charge in [0.25, 0.3) is 0 Å². The topological polar surface area (TPSA) is 57.6 Å². The fourth-order valence-electron chi connectivity index (χ4n) is 1.99. The Morgan fingerprint density at radius 3 is 2.45 bits per heavy atom. The first-order valence-corrected chi connectivity index (χ1v) is 8.08. The molecule has 112 valence electrons. The summed E-state index contributed by atoms with van der Waals surface area (Å²) < 4.78 is 1.04. The lowest BCUT2D eigenvalue weighted by molar-refractivity contribution is -0.140. The van der Waals surface area contributed by atoms with Crippen LogP contribution in [0.25, 0.3) is 0 Å². The van der Waals surface area contributed by atoms with Crippen LogP contribution in [-0.4, -0.2) is 28.4 Å². The van der Waals surface area contributed by atoms with E-state index in [4.69, 9.17) is 5.11 Å². The van der Waals surface area contributed by atoms with Gasteiger partial charge in [-0.15, -0.1) is 11.3 Å². The van der Waals surface area contributed by atoms with Gasteiger partial charge in [0.15, 0.2) is 0 Å². The van der Waals surface area contributed by atoms with Crippen LogP contribution in [0.2, 0.25) is 0 Å². The van der Waals surface area contributed by atoms with Crippen molar-refractivity contribution in [3.63, 3.8) is 0 Å². The zero-order chi connectivity index (χ0) is 15.3. The second kappa shape index (κ2) is 7.22. The monoisotopic (exact) mass is 361 g/mol. The third-order valence-electron chi connectivity index (χ3n) is 2.97. The molecule has 0 aliphatic rings. The molecular weight excluding hydrogens is 342 g/mol. The minimum atomic E-state index is -0.868. The molecule has 1 amide bonds. The van der Waals surface area contributed by atoms with Crippen molar-refractivity contribution in [3.05, 3.63) is 20.8 Å². The van der Waals surface area contributed by atoms with E-state index < -0.39 is 11.4 Å². The molecular formula is C14H20BrNO3S. The number of hydrogen-bond acceptors (Lipinski definition) is 3. The largest absolute Gasteiger partial charge is 0.481 e. The number of halogens is 1. The van der Waals surface area contributed by atoms with Gasteiger partial charge < -0.3 is 10.0 Å². The Morgan fingerprint density at radius 1 is 1.35 bits per heavy atom. The Kier molecular flexibility index (Phi) is 6.20. The van der Waals surface area contributed by atoms with Crippen molar-refractivity contribution in [3.8, 4) is 0 Å². The molecule has 0 unspecified atom stereocenters. The smallest absolute Gasteiger partial charge is 0.303 e. The van der Waals surface area contributed by atoms with Gasteiger partial charge in [-0.25, -0.2) is 0 Å². The highest BCUT2D eigenvalue weighted by molar-refractivity contribution is 9.11. The zero-order valence-electron chi connectivity index (χ0n) is 12.0. The van der Waals surface area contributed by atoms with Crippen molar-refractivity contribution in [2.45, 2.75) is 40.2 Å². The van der Waals surface area contributed by atoms with Crippen LogP contribution in [0.3, 0.4) is 0 Å². The summed E-state index contributed by atoms with van der Waals surface area (Å²) in [5.41, 5.74) is -0.521. The molecule has 0 saturated heterocycles. The standard InChI is InChI=1S/C14H20BrNO3S/c1-4-16(9-10-5-6-11(15)20-10)12(17)7-14(2,3)8-13(18)19/h5-6H,4,7-9H2,1-3H3,(H,18,19). The number of carboxylic acids is 1. The lowest BCUT2D eigenvalue weighted by atomic mass is 9.85. The molecule has 4 nitrogen and oxygen atoms in total. The van der Waals surface area contributed by atoms with E-state index in [1.807, 2.05) is 32.9 Å². The highest BCUT2D eigenvalue weighted by atomic mass is 79.9. The highest BCUT2D eigenvalue weighted by Gasteiger charge is 2.27. The molecule has 1 rings (SSSR count). The molecule has 0 fully saturated rings. The maximum atomic E-state index is 12.3. The molecule has 0 aromatic carbocycles. The Bertz CT molecular complexity index is 485. The molecule has 0 spiro atoms. The first-order chi connectivity index (χ1) is 9.23. The van der Waals surface area contributed by atoms with Crippen LogP contribution < -0.4 is 0 Å². The fraction of sp³-hybridized carbons (Fsp3) is 0.571. The number of rotatable bonds is 7. The summed E-state index contributed by atoms with van der Waals surface area (Å²) in [7, 11) is 0. The SMILES string of the molecule is CCN(Cc1ccc(Br)s1)C(=O)CC(C)(C)CC(=O)O. The van der Waals surface area contributed by atoms with E-state index in [1.54, 1.807) is 16.2 Å². The molecule has 6 heteroatoms.